The van der Waals surface area contributed by atoms with E-state index in [0.717, 1.165) is 27.8 Å². The first-order chi connectivity index (χ1) is 17.9. The second-order valence-electron chi connectivity index (χ2n) is 8.84. The first-order valence-corrected chi connectivity index (χ1v) is 11.7. The fraction of sp³-hybridized carbons (Fsp3) is 0.185. The summed E-state index contributed by atoms with van der Waals surface area (Å²) in [5, 5.41) is 7.35. The Morgan fingerprint density at radius 2 is 1.81 bits per heavy atom. The molecule has 0 saturated carbocycles. The Morgan fingerprint density at radius 3 is 2.54 bits per heavy atom. The number of anilines is 4. The topological polar surface area (TPSA) is 102 Å². The number of rotatable bonds is 7. The van der Waals surface area contributed by atoms with Gasteiger partial charge in [-0.2, -0.15) is 0 Å². The summed E-state index contributed by atoms with van der Waals surface area (Å²) in [6.45, 7) is 0. The van der Waals surface area contributed by atoms with Crippen LogP contribution in [-0.4, -0.2) is 51.2 Å². The number of ether oxygens (including phenoxy) is 1. The van der Waals surface area contributed by atoms with Crippen LogP contribution in [0.5, 0.6) is 5.75 Å². The highest BCUT2D eigenvalue weighted by Crippen LogP contribution is 2.38. The molecule has 2 aromatic carbocycles. The molecule has 5 rings (SSSR count). The number of hydrogen-bond acceptors (Lipinski definition) is 7. The third kappa shape index (κ3) is 4.56. The molecule has 10 nitrogen and oxygen atoms in total. The maximum atomic E-state index is 12.9. The van der Waals surface area contributed by atoms with Crippen LogP contribution in [0, 0.1) is 0 Å². The zero-order valence-electron chi connectivity index (χ0n) is 21.4. The lowest BCUT2D eigenvalue weighted by molar-refractivity contribution is 0.101. The molecule has 10 heteroatoms. The molecule has 2 N–H and O–H groups in total. The third-order valence-corrected chi connectivity index (χ3v) is 6.15. The number of aromatic nitrogens is 5. The maximum absolute atomic E-state index is 12.9. The molecule has 0 fully saturated rings. The van der Waals surface area contributed by atoms with Crippen LogP contribution in [0.3, 0.4) is 0 Å². The predicted molar refractivity (Wildman–Crippen MR) is 146 cm³/mol. The van der Waals surface area contributed by atoms with Crippen molar-refractivity contribution in [2.24, 2.45) is 14.1 Å². The average molecular weight is 497 g/mol. The van der Waals surface area contributed by atoms with Crippen molar-refractivity contribution in [1.82, 2.24) is 24.1 Å². The summed E-state index contributed by atoms with van der Waals surface area (Å²) >= 11 is 0. The molecule has 0 bridgehead atoms. The van der Waals surface area contributed by atoms with Gasteiger partial charge in [0.15, 0.2) is 5.82 Å². The summed E-state index contributed by atoms with van der Waals surface area (Å²) in [6, 6.07) is 13.7. The summed E-state index contributed by atoms with van der Waals surface area (Å²) < 4.78 is 9.41. The number of hydrogen-bond donors (Lipinski definition) is 2. The second kappa shape index (κ2) is 9.65. The number of methoxy groups -OCH3 is 1. The highest BCUT2D eigenvalue weighted by atomic mass is 16.5. The van der Waals surface area contributed by atoms with Gasteiger partial charge in [0, 0.05) is 75.5 Å². The lowest BCUT2D eigenvalue weighted by atomic mass is 10.1. The lowest BCUT2D eigenvalue weighted by Crippen LogP contribution is -2.20. The largest absolute Gasteiger partial charge is 0.494 e. The van der Waals surface area contributed by atoms with Gasteiger partial charge in [-0.05, 0) is 18.2 Å². The number of benzene rings is 2. The van der Waals surface area contributed by atoms with Crippen LogP contribution in [0.25, 0.3) is 22.2 Å². The number of nitrogens with zero attached hydrogens (tertiary/aromatic N) is 6. The monoisotopic (exact) mass is 496 g/mol. The number of carbonyl (C=O) groups excluding carboxylic acids is 1. The normalized spacial score (nSPS) is 10.9. The standard InChI is InChI=1S/C27H28N8O2/c1-33(2)23-15-24(37-5)21(14-20(23)30-26(36)25-28-12-13-34(25)3)32-27-29-11-10-19(31-27)18-16-35(4)22-9-7-6-8-17(18)22/h6-16H,1-5H3,(H,30,36)(H,29,31,32). The molecule has 0 spiro atoms. The van der Waals surface area contributed by atoms with Crippen LogP contribution in [0.2, 0.25) is 0 Å². The van der Waals surface area contributed by atoms with Crippen LogP contribution in [-0.2, 0) is 14.1 Å². The minimum Gasteiger partial charge on any atom is -0.494 e. The van der Waals surface area contributed by atoms with Crippen LogP contribution in [0.4, 0.5) is 23.0 Å². The van der Waals surface area contributed by atoms with E-state index in [1.54, 1.807) is 37.3 Å². The Balaban J connectivity index is 1.51. The SMILES string of the molecule is COc1cc(N(C)C)c(NC(=O)c2nccn2C)cc1Nc1nccc(-c2cn(C)c3ccccc23)n1. The number of para-hydroxylation sites is 1. The van der Waals surface area contributed by atoms with E-state index in [1.807, 2.05) is 56.4 Å². The first kappa shape index (κ1) is 23.9. The number of aryl methyl sites for hydroxylation is 2. The van der Waals surface area contributed by atoms with Gasteiger partial charge in [-0.15, -0.1) is 0 Å². The molecule has 0 atom stereocenters. The van der Waals surface area contributed by atoms with E-state index in [0.29, 0.717) is 28.9 Å². The van der Waals surface area contributed by atoms with Gasteiger partial charge in [-0.25, -0.2) is 15.0 Å². The van der Waals surface area contributed by atoms with Crippen LogP contribution < -0.4 is 20.3 Å². The minimum atomic E-state index is -0.319. The lowest BCUT2D eigenvalue weighted by Gasteiger charge is -2.21. The van der Waals surface area contributed by atoms with Gasteiger partial charge in [0.25, 0.3) is 5.91 Å². The quantitative estimate of drug-likeness (QED) is 0.343. The van der Waals surface area contributed by atoms with Crippen molar-refractivity contribution in [1.29, 1.82) is 0 Å². The highest BCUT2D eigenvalue weighted by Gasteiger charge is 2.18. The van der Waals surface area contributed by atoms with Gasteiger partial charge in [0.2, 0.25) is 5.95 Å². The molecular weight excluding hydrogens is 468 g/mol. The van der Waals surface area contributed by atoms with Gasteiger partial charge in [0.1, 0.15) is 5.75 Å². The van der Waals surface area contributed by atoms with Gasteiger partial charge in [0.05, 0.1) is 29.9 Å². The number of fused-ring (bicyclic) bond motifs is 1. The molecular formula is C27H28N8O2. The minimum absolute atomic E-state index is 0.307. The molecule has 37 heavy (non-hydrogen) atoms. The van der Waals surface area contributed by atoms with E-state index >= 15 is 0 Å². The number of imidazole rings is 1. The molecule has 1 amide bonds. The van der Waals surface area contributed by atoms with E-state index in [2.05, 4.69) is 43.5 Å². The van der Waals surface area contributed by atoms with Crippen LogP contribution in [0.1, 0.15) is 10.6 Å². The van der Waals surface area contributed by atoms with E-state index in [-0.39, 0.29) is 5.91 Å². The second-order valence-corrected chi connectivity index (χ2v) is 8.84. The van der Waals surface area contributed by atoms with E-state index in [1.165, 1.54) is 0 Å². The van der Waals surface area contributed by atoms with Crippen molar-refractivity contribution in [3.05, 3.63) is 73.1 Å². The van der Waals surface area contributed by atoms with E-state index in [4.69, 9.17) is 9.72 Å². The zero-order valence-corrected chi connectivity index (χ0v) is 21.4. The van der Waals surface area contributed by atoms with Crippen molar-refractivity contribution in [2.45, 2.75) is 0 Å². The number of amides is 1. The van der Waals surface area contributed by atoms with Gasteiger partial charge in [-0.1, -0.05) is 18.2 Å². The molecule has 0 aliphatic heterocycles. The maximum Gasteiger partial charge on any atom is 0.291 e. The average Bonchev–Trinajstić information content (AvgIpc) is 3.47. The molecule has 188 valence electrons. The molecule has 0 aliphatic rings. The summed E-state index contributed by atoms with van der Waals surface area (Å²) in [5.41, 5.74) is 4.91. The number of nitrogens with one attached hydrogen (secondary N) is 2. The Hall–Kier alpha value is -4.86. The Morgan fingerprint density at radius 1 is 1.00 bits per heavy atom. The molecule has 0 aliphatic carbocycles. The van der Waals surface area contributed by atoms with E-state index in [9.17, 15) is 4.79 Å². The molecule has 5 aromatic rings. The fourth-order valence-corrected chi connectivity index (χ4v) is 4.30. The smallest absolute Gasteiger partial charge is 0.291 e. The molecule has 3 aromatic heterocycles. The summed E-state index contributed by atoms with van der Waals surface area (Å²) in [5.74, 6) is 0.975. The van der Waals surface area contributed by atoms with Crippen LogP contribution >= 0.6 is 0 Å². The molecule has 0 saturated heterocycles. The van der Waals surface area contributed by atoms with Crippen molar-refractivity contribution in [3.8, 4) is 17.0 Å². The van der Waals surface area contributed by atoms with Crippen LogP contribution in [0.15, 0.2) is 67.3 Å². The summed E-state index contributed by atoms with van der Waals surface area (Å²) in [7, 11) is 9.18. The Kier molecular flexibility index (Phi) is 6.22. The molecule has 3 heterocycles. The predicted octanol–water partition coefficient (Wildman–Crippen LogP) is 4.44. The zero-order chi connectivity index (χ0) is 26.1. The Labute approximate surface area is 214 Å². The summed E-state index contributed by atoms with van der Waals surface area (Å²) in [4.78, 5) is 28.2. The van der Waals surface area contributed by atoms with Crippen molar-refractivity contribution >= 4 is 39.8 Å². The molecule has 0 unspecified atom stereocenters. The Bertz CT molecular complexity index is 1600. The van der Waals surface area contributed by atoms with Crippen molar-refractivity contribution in [2.75, 3.05) is 36.7 Å². The van der Waals surface area contributed by atoms with Gasteiger partial charge < -0.3 is 29.4 Å². The first-order valence-electron chi connectivity index (χ1n) is 11.7. The fourth-order valence-electron chi connectivity index (χ4n) is 4.30. The van der Waals surface area contributed by atoms with Gasteiger partial charge in [-0.3, -0.25) is 4.79 Å². The van der Waals surface area contributed by atoms with Crippen molar-refractivity contribution < 1.29 is 9.53 Å². The summed E-state index contributed by atoms with van der Waals surface area (Å²) in [6.07, 6.45) is 7.09. The molecule has 0 radical (unpaired) electrons. The highest BCUT2D eigenvalue weighted by molar-refractivity contribution is 6.04. The van der Waals surface area contributed by atoms with E-state index < -0.39 is 0 Å². The van der Waals surface area contributed by atoms with Crippen molar-refractivity contribution in [3.63, 3.8) is 0 Å². The third-order valence-electron chi connectivity index (χ3n) is 6.15. The van der Waals surface area contributed by atoms with Gasteiger partial charge >= 0.3 is 0 Å². The number of carbonyl (C=O) groups is 1.